The Morgan fingerprint density at radius 2 is 2.35 bits per heavy atom. The highest BCUT2D eigenvalue weighted by Gasteiger charge is 2.31. The first kappa shape index (κ1) is 15.8. The van der Waals surface area contributed by atoms with E-state index in [9.17, 15) is 8.42 Å². The molecule has 6 nitrogen and oxygen atoms in total. The van der Waals surface area contributed by atoms with Gasteiger partial charge in [-0.25, -0.2) is 13.1 Å². The Hall–Kier alpha value is -0.570. The number of aliphatic hydroxyl groups is 1. The van der Waals surface area contributed by atoms with Gasteiger partial charge in [0.25, 0.3) is 0 Å². The summed E-state index contributed by atoms with van der Waals surface area (Å²) in [5, 5.41) is 13.1. The maximum absolute atomic E-state index is 12.3. The summed E-state index contributed by atoms with van der Waals surface area (Å²) in [6.07, 6.45) is 8.47. The summed E-state index contributed by atoms with van der Waals surface area (Å²) in [7, 11) is -3.50. The molecule has 0 spiro atoms. The summed E-state index contributed by atoms with van der Waals surface area (Å²) in [5.41, 5.74) is 0. The van der Waals surface area contributed by atoms with E-state index in [0.717, 1.165) is 19.3 Å². The molecule has 1 heterocycles. The van der Waals surface area contributed by atoms with E-state index in [1.165, 1.54) is 12.4 Å². The summed E-state index contributed by atoms with van der Waals surface area (Å²) in [5.74, 6) is 0. The fourth-order valence-electron chi connectivity index (χ4n) is 2.45. The number of thioether (sulfide) groups is 1. The molecule has 1 aromatic heterocycles. The van der Waals surface area contributed by atoms with Crippen LogP contribution in [0.15, 0.2) is 17.3 Å². The molecule has 1 aromatic rings. The molecule has 0 saturated heterocycles. The van der Waals surface area contributed by atoms with Crippen LogP contribution in [-0.2, 0) is 16.6 Å². The van der Waals surface area contributed by atoms with Gasteiger partial charge in [-0.3, -0.25) is 4.68 Å². The van der Waals surface area contributed by atoms with Crippen molar-refractivity contribution < 1.29 is 13.5 Å². The molecule has 0 radical (unpaired) electrons. The second-order valence-electron chi connectivity index (χ2n) is 4.95. The quantitative estimate of drug-likeness (QED) is 0.777. The van der Waals surface area contributed by atoms with Crippen molar-refractivity contribution in [3.8, 4) is 0 Å². The van der Waals surface area contributed by atoms with Crippen molar-refractivity contribution in [3.05, 3.63) is 12.4 Å². The van der Waals surface area contributed by atoms with E-state index in [2.05, 4.69) is 9.82 Å². The molecule has 1 saturated carbocycles. The lowest BCUT2D eigenvalue weighted by molar-refractivity contribution is 0.277. The van der Waals surface area contributed by atoms with Crippen LogP contribution >= 0.6 is 11.8 Å². The first-order valence-corrected chi connectivity index (χ1v) is 9.52. The smallest absolute Gasteiger partial charge is 0.243 e. The lowest BCUT2D eigenvalue weighted by atomic mass is 10.3. The largest absolute Gasteiger partial charge is 0.396 e. The van der Waals surface area contributed by atoms with E-state index in [-0.39, 0.29) is 17.5 Å². The number of hydrogen-bond donors (Lipinski definition) is 2. The summed E-state index contributed by atoms with van der Waals surface area (Å²) < 4.78 is 29.0. The lowest BCUT2D eigenvalue weighted by Gasteiger charge is -2.18. The van der Waals surface area contributed by atoms with Crippen LogP contribution in [0.1, 0.15) is 25.7 Å². The Labute approximate surface area is 124 Å². The summed E-state index contributed by atoms with van der Waals surface area (Å²) in [6.45, 7) is 0.584. The van der Waals surface area contributed by atoms with Crippen LogP contribution in [0.4, 0.5) is 0 Å². The highest BCUT2D eigenvalue weighted by molar-refractivity contribution is 7.99. The van der Waals surface area contributed by atoms with Crippen molar-refractivity contribution in [2.75, 3.05) is 12.9 Å². The van der Waals surface area contributed by atoms with E-state index in [0.29, 0.717) is 18.2 Å². The van der Waals surface area contributed by atoms with E-state index in [1.807, 2.05) is 6.26 Å². The number of rotatable bonds is 7. The Morgan fingerprint density at radius 1 is 1.55 bits per heavy atom. The van der Waals surface area contributed by atoms with Gasteiger partial charge in [0.05, 0.1) is 6.20 Å². The molecule has 0 aliphatic heterocycles. The minimum Gasteiger partial charge on any atom is -0.396 e. The van der Waals surface area contributed by atoms with Crippen LogP contribution in [0.25, 0.3) is 0 Å². The Bertz CT molecular complexity index is 530. The topological polar surface area (TPSA) is 84.2 Å². The molecule has 0 aromatic carbocycles. The van der Waals surface area contributed by atoms with E-state index >= 15 is 0 Å². The highest BCUT2D eigenvalue weighted by Crippen LogP contribution is 2.29. The van der Waals surface area contributed by atoms with Gasteiger partial charge in [-0.15, -0.1) is 0 Å². The molecule has 2 unspecified atom stereocenters. The predicted molar refractivity (Wildman–Crippen MR) is 79.2 cm³/mol. The monoisotopic (exact) mass is 319 g/mol. The maximum atomic E-state index is 12.3. The predicted octanol–water partition coefficient (Wildman–Crippen LogP) is 0.828. The van der Waals surface area contributed by atoms with Gasteiger partial charge in [-0.05, 0) is 25.5 Å². The zero-order valence-corrected chi connectivity index (χ0v) is 13.2. The van der Waals surface area contributed by atoms with Gasteiger partial charge in [-0.2, -0.15) is 16.9 Å². The number of sulfonamides is 1. The minimum atomic E-state index is -3.50. The van der Waals surface area contributed by atoms with Crippen molar-refractivity contribution >= 4 is 21.8 Å². The summed E-state index contributed by atoms with van der Waals surface area (Å²) >= 11 is 1.72. The van der Waals surface area contributed by atoms with Crippen molar-refractivity contribution in [1.29, 1.82) is 0 Å². The first-order chi connectivity index (χ1) is 9.56. The Kier molecular flexibility index (Phi) is 5.48. The molecule has 1 aliphatic rings. The van der Waals surface area contributed by atoms with Crippen LogP contribution in [-0.4, -0.2) is 47.5 Å². The summed E-state index contributed by atoms with van der Waals surface area (Å²) in [4.78, 5) is 0.196. The number of aromatic nitrogens is 2. The number of nitrogens with one attached hydrogen (secondary N) is 1. The third kappa shape index (κ3) is 3.75. The van der Waals surface area contributed by atoms with Crippen LogP contribution in [0, 0.1) is 0 Å². The van der Waals surface area contributed by atoms with Crippen LogP contribution in [0.5, 0.6) is 0 Å². The second-order valence-corrected chi connectivity index (χ2v) is 7.74. The fraction of sp³-hybridized carbons (Fsp3) is 0.750. The highest BCUT2D eigenvalue weighted by atomic mass is 32.2. The molecule has 8 heteroatoms. The zero-order chi connectivity index (χ0) is 14.6. The van der Waals surface area contributed by atoms with Crippen molar-refractivity contribution in [2.24, 2.45) is 0 Å². The molecule has 2 rings (SSSR count). The van der Waals surface area contributed by atoms with Gasteiger partial charge in [0.2, 0.25) is 10.0 Å². The number of aliphatic hydroxyl groups excluding tert-OH is 1. The zero-order valence-electron chi connectivity index (χ0n) is 11.5. The molecular formula is C12H21N3O3S2. The van der Waals surface area contributed by atoms with Crippen LogP contribution < -0.4 is 4.72 Å². The molecule has 2 atom stereocenters. The van der Waals surface area contributed by atoms with E-state index in [1.54, 1.807) is 16.4 Å². The Morgan fingerprint density at radius 3 is 3.05 bits per heavy atom. The summed E-state index contributed by atoms with van der Waals surface area (Å²) in [6, 6.07) is 0.00999. The van der Waals surface area contributed by atoms with Gasteiger partial charge in [-0.1, -0.05) is 6.42 Å². The normalized spacial score (nSPS) is 23.3. The molecule has 1 aliphatic carbocycles. The number of hydrogen-bond acceptors (Lipinski definition) is 5. The fourth-order valence-corrected chi connectivity index (χ4v) is 4.73. The lowest BCUT2D eigenvalue weighted by Crippen LogP contribution is -2.38. The van der Waals surface area contributed by atoms with Gasteiger partial charge >= 0.3 is 0 Å². The molecule has 0 amide bonds. The molecule has 0 bridgehead atoms. The Balaban J connectivity index is 2.04. The average Bonchev–Trinajstić information content (AvgIpc) is 3.04. The van der Waals surface area contributed by atoms with Gasteiger partial charge in [0, 0.05) is 30.6 Å². The minimum absolute atomic E-state index is 0.00999. The van der Waals surface area contributed by atoms with E-state index < -0.39 is 10.0 Å². The van der Waals surface area contributed by atoms with Crippen molar-refractivity contribution in [3.63, 3.8) is 0 Å². The third-order valence-corrected chi connectivity index (χ3v) is 6.14. The molecule has 114 valence electrons. The molecule has 1 fully saturated rings. The third-order valence-electron chi connectivity index (χ3n) is 3.53. The van der Waals surface area contributed by atoms with Crippen LogP contribution in [0.2, 0.25) is 0 Å². The molecule has 20 heavy (non-hydrogen) atoms. The average molecular weight is 319 g/mol. The van der Waals surface area contributed by atoms with Gasteiger partial charge < -0.3 is 5.11 Å². The van der Waals surface area contributed by atoms with Crippen LogP contribution in [0.3, 0.4) is 0 Å². The standard InChI is InChI=1S/C12H21N3O3S2/c1-19-12-5-2-4-11(12)14-20(17,18)10-8-13-15(9-10)6-3-7-16/h8-9,11-12,14,16H,2-7H2,1H3. The maximum Gasteiger partial charge on any atom is 0.243 e. The number of nitrogens with zero attached hydrogens (tertiary/aromatic N) is 2. The SMILES string of the molecule is CSC1CCCC1NS(=O)(=O)c1cnn(CCCO)c1. The second kappa shape index (κ2) is 6.93. The molecule has 2 N–H and O–H groups in total. The van der Waals surface area contributed by atoms with E-state index in [4.69, 9.17) is 5.11 Å². The van der Waals surface area contributed by atoms with Gasteiger partial charge in [0.1, 0.15) is 4.90 Å². The molecular weight excluding hydrogens is 298 g/mol. The van der Waals surface area contributed by atoms with Gasteiger partial charge in [0.15, 0.2) is 0 Å². The number of aryl methyl sites for hydroxylation is 1. The van der Waals surface area contributed by atoms with Crippen molar-refractivity contribution in [2.45, 2.75) is 48.4 Å². The van der Waals surface area contributed by atoms with Crippen molar-refractivity contribution in [1.82, 2.24) is 14.5 Å². The first-order valence-electron chi connectivity index (χ1n) is 6.75.